The van der Waals surface area contributed by atoms with Crippen molar-refractivity contribution in [2.24, 2.45) is 0 Å². The van der Waals surface area contributed by atoms with Gasteiger partial charge in [-0.05, 0) is 49.7 Å². The van der Waals surface area contributed by atoms with Gasteiger partial charge in [-0.2, -0.15) is 0 Å². The van der Waals surface area contributed by atoms with Gasteiger partial charge in [-0.1, -0.05) is 54.1 Å². The van der Waals surface area contributed by atoms with Gasteiger partial charge in [-0.25, -0.2) is 0 Å². The third kappa shape index (κ3) is 4.32. The Labute approximate surface area is 184 Å². The number of carbonyl (C=O) groups excluding carboxylic acids is 2. The van der Waals surface area contributed by atoms with Crippen LogP contribution < -0.4 is 10.1 Å². The molecule has 5 nitrogen and oxygen atoms in total. The highest BCUT2D eigenvalue weighted by Gasteiger charge is 2.25. The van der Waals surface area contributed by atoms with Crippen molar-refractivity contribution in [3.8, 4) is 5.75 Å². The van der Waals surface area contributed by atoms with Crippen molar-refractivity contribution >= 4 is 39.9 Å². The summed E-state index contributed by atoms with van der Waals surface area (Å²) in [6, 6.07) is 21.2. The largest absolute Gasteiger partial charge is 0.481 e. The highest BCUT2D eigenvalue weighted by atomic mass is 35.5. The molecule has 0 saturated heterocycles. The second kappa shape index (κ2) is 8.66. The van der Waals surface area contributed by atoms with Crippen LogP contribution in [0.3, 0.4) is 0 Å². The first-order valence-corrected chi connectivity index (χ1v) is 10.2. The molecule has 1 atom stereocenters. The lowest BCUT2D eigenvalue weighted by molar-refractivity contribution is -0.122. The maximum Gasteiger partial charge on any atom is 0.265 e. The molecule has 31 heavy (non-hydrogen) atoms. The minimum absolute atomic E-state index is 0.0790. The average Bonchev–Trinajstić information content (AvgIpc) is 3.14. The number of benzene rings is 3. The molecule has 1 unspecified atom stereocenters. The van der Waals surface area contributed by atoms with Gasteiger partial charge in [0.25, 0.3) is 5.91 Å². The van der Waals surface area contributed by atoms with E-state index in [9.17, 15) is 9.59 Å². The highest BCUT2D eigenvalue weighted by molar-refractivity contribution is 6.31. The lowest BCUT2D eigenvalue weighted by atomic mass is 10.1. The fourth-order valence-electron chi connectivity index (χ4n) is 3.22. The Morgan fingerprint density at radius 1 is 1.00 bits per heavy atom. The predicted molar refractivity (Wildman–Crippen MR) is 121 cm³/mol. The maximum absolute atomic E-state index is 13.1. The normalized spacial score (nSPS) is 11.8. The van der Waals surface area contributed by atoms with Gasteiger partial charge in [0.1, 0.15) is 11.3 Å². The summed E-state index contributed by atoms with van der Waals surface area (Å²) < 4.78 is 11.6. The van der Waals surface area contributed by atoms with Crippen molar-refractivity contribution in [1.29, 1.82) is 0 Å². The van der Waals surface area contributed by atoms with Crippen molar-refractivity contribution in [2.45, 2.75) is 20.0 Å². The van der Waals surface area contributed by atoms with E-state index >= 15 is 0 Å². The summed E-state index contributed by atoms with van der Waals surface area (Å²) in [6.07, 6.45) is -0.811. The highest BCUT2D eigenvalue weighted by Crippen LogP contribution is 2.33. The molecule has 4 aromatic rings. The van der Waals surface area contributed by atoms with Crippen LogP contribution >= 0.6 is 11.6 Å². The topological polar surface area (TPSA) is 68.5 Å². The number of ether oxygens (including phenoxy) is 1. The van der Waals surface area contributed by atoms with E-state index in [4.69, 9.17) is 20.8 Å². The fourth-order valence-corrected chi connectivity index (χ4v) is 3.34. The number of para-hydroxylation sites is 1. The molecule has 0 aliphatic carbocycles. The second-order valence-corrected chi connectivity index (χ2v) is 7.57. The van der Waals surface area contributed by atoms with E-state index < -0.39 is 12.0 Å². The van der Waals surface area contributed by atoms with Gasteiger partial charge in [0.05, 0.1) is 5.69 Å². The molecular formula is C25H20ClNO4. The SMILES string of the molecule is Cc1cc(OC(C)C(=O)Nc2c(C(=O)c3ccccc3)oc3ccccc23)ccc1Cl. The van der Waals surface area contributed by atoms with Crippen molar-refractivity contribution in [2.75, 3.05) is 5.32 Å². The Hall–Kier alpha value is -3.57. The van der Waals surface area contributed by atoms with E-state index in [0.29, 0.717) is 33.0 Å². The van der Waals surface area contributed by atoms with E-state index in [0.717, 1.165) is 5.56 Å². The third-order valence-corrected chi connectivity index (χ3v) is 5.32. The Bertz CT molecular complexity index is 1260. The Kier molecular flexibility index (Phi) is 5.78. The summed E-state index contributed by atoms with van der Waals surface area (Å²) in [7, 11) is 0. The van der Waals surface area contributed by atoms with E-state index in [1.165, 1.54) is 0 Å². The van der Waals surface area contributed by atoms with Gasteiger partial charge < -0.3 is 14.5 Å². The Morgan fingerprint density at radius 3 is 2.45 bits per heavy atom. The van der Waals surface area contributed by atoms with Gasteiger partial charge in [-0.15, -0.1) is 0 Å². The molecule has 0 saturated carbocycles. The molecule has 0 bridgehead atoms. The van der Waals surface area contributed by atoms with Crippen LogP contribution in [-0.2, 0) is 4.79 Å². The Morgan fingerprint density at radius 2 is 1.71 bits per heavy atom. The summed E-state index contributed by atoms with van der Waals surface area (Å²) >= 11 is 6.05. The maximum atomic E-state index is 13.1. The molecule has 0 spiro atoms. The van der Waals surface area contributed by atoms with Crippen LogP contribution in [-0.4, -0.2) is 17.8 Å². The van der Waals surface area contributed by atoms with Crippen molar-refractivity contribution in [3.05, 3.63) is 94.7 Å². The number of nitrogens with one attached hydrogen (secondary N) is 1. The molecule has 1 N–H and O–H groups in total. The van der Waals surface area contributed by atoms with Gasteiger partial charge in [0.2, 0.25) is 5.78 Å². The van der Waals surface area contributed by atoms with Gasteiger partial charge in [0.15, 0.2) is 11.9 Å². The summed E-state index contributed by atoms with van der Waals surface area (Å²) in [5.41, 5.74) is 2.16. The van der Waals surface area contributed by atoms with Crippen molar-refractivity contribution < 1.29 is 18.7 Å². The van der Waals surface area contributed by atoms with Crippen LogP contribution in [0, 0.1) is 6.92 Å². The first kappa shape index (κ1) is 20.7. The molecule has 156 valence electrons. The fraction of sp³-hybridized carbons (Fsp3) is 0.120. The quantitative estimate of drug-likeness (QED) is 0.377. The molecule has 4 rings (SSSR count). The van der Waals surface area contributed by atoms with E-state index in [1.807, 2.05) is 25.1 Å². The number of hydrogen-bond acceptors (Lipinski definition) is 4. The van der Waals surface area contributed by atoms with Gasteiger partial charge >= 0.3 is 0 Å². The summed E-state index contributed by atoms with van der Waals surface area (Å²) in [5.74, 6) is -0.104. The number of hydrogen-bond donors (Lipinski definition) is 1. The number of halogens is 1. The molecule has 0 radical (unpaired) electrons. The van der Waals surface area contributed by atoms with Crippen LogP contribution in [0.2, 0.25) is 5.02 Å². The van der Waals surface area contributed by atoms with Crippen molar-refractivity contribution in [1.82, 2.24) is 0 Å². The molecule has 1 amide bonds. The molecule has 0 aliphatic heterocycles. The van der Waals surface area contributed by atoms with E-state index in [1.54, 1.807) is 61.5 Å². The Balaban J connectivity index is 1.63. The average molecular weight is 434 g/mol. The van der Waals surface area contributed by atoms with Crippen LogP contribution in [0.5, 0.6) is 5.75 Å². The monoisotopic (exact) mass is 433 g/mol. The number of ketones is 1. The van der Waals surface area contributed by atoms with E-state index in [2.05, 4.69) is 5.32 Å². The molecule has 1 heterocycles. The summed E-state index contributed by atoms with van der Waals surface area (Å²) in [6.45, 7) is 3.50. The van der Waals surface area contributed by atoms with Gasteiger partial charge in [-0.3, -0.25) is 9.59 Å². The lowest BCUT2D eigenvalue weighted by Gasteiger charge is -2.15. The number of anilines is 1. The standard InChI is InChI=1S/C25H20ClNO4/c1-15-14-18(12-13-20(15)26)30-16(2)25(29)27-22-19-10-6-7-11-21(19)31-24(22)23(28)17-8-4-3-5-9-17/h3-14,16H,1-2H3,(H,27,29). The minimum atomic E-state index is -0.811. The molecule has 1 aromatic heterocycles. The zero-order valence-corrected chi connectivity index (χ0v) is 17.8. The summed E-state index contributed by atoms with van der Waals surface area (Å²) in [5, 5.41) is 4.09. The van der Waals surface area contributed by atoms with Crippen molar-refractivity contribution in [3.63, 3.8) is 0 Å². The van der Waals surface area contributed by atoms with Gasteiger partial charge in [0, 0.05) is 16.0 Å². The number of amides is 1. The second-order valence-electron chi connectivity index (χ2n) is 7.16. The third-order valence-electron chi connectivity index (χ3n) is 4.90. The first-order chi connectivity index (χ1) is 14.9. The van der Waals surface area contributed by atoms with Crippen LogP contribution in [0.4, 0.5) is 5.69 Å². The lowest BCUT2D eigenvalue weighted by Crippen LogP contribution is -2.30. The molecule has 0 aliphatic rings. The first-order valence-electron chi connectivity index (χ1n) is 9.79. The number of fused-ring (bicyclic) bond motifs is 1. The molecular weight excluding hydrogens is 414 g/mol. The summed E-state index contributed by atoms with van der Waals surface area (Å²) in [4.78, 5) is 26.0. The number of rotatable bonds is 6. The predicted octanol–water partition coefficient (Wildman–Crippen LogP) is 6.03. The van der Waals surface area contributed by atoms with Crippen LogP contribution in [0.1, 0.15) is 28.6 Å². The molecule has 3 aromatic carbocycles. The smallest absolute Gasteiger partial charge is 0.265 e. The minimum Gasteiger partial charge on any atom is -0.481 e. The zero-order valence-electron chi connectivity index (χ0n) is 17.0. The van der Waals surface area contributed by atoms with Crippen LogP contribution in [0.15, 0.2) is 77.2 Å². The van der Waals surface area contributed by atoms with Crippen LogP contribution in [0.25, 0.3) is 11.0 Å². The number of carbonyl (C=O) groups is 2. The molecule has 0 fully saturated rings. The number of aryl methyl sites for hydroxylation is 1. The zero-order chi connectivity index (χ0) is 22.0. The molecule has 6 heteroatoms. The number of furan rings is 1. The van der Waals surface area contributed by atoms with E-state index in [-0.39, 0.29) is 11.5 Å².